The van der Waals surface area contributed by atoms with E-state index in [1.165, 1.54) is 12.1 Å². The molecular formula is C22H21FN4O2. The maximum Gasteiger partial charge on any atom is 0.252 e. The molecule has 0 amide bonds. The summed E-state index contributed by atoms with van der Waals surface area (Å²) in [5, 5.41) is 9.22. The van der Waals surface area contributed by atoms with Crippen molar-refractivity contribution < 1.29 is 9.13 Å². The Hall–Kier alpha value is -3.40. The number of pyridine rings is 2. The van der Waals surface area contributed by atoms with E-state index in [2.05, 4.69) is 22.9 Å². The summed E-state index contributed by atoms with van der Waals surface area (Å²) in [5.41, 5.74) is 2.30. The van der Waals surface area contributed by atoms with Gasteiger partial charge in [0.15, 0.2) is 0 Å². The molecular weight excluding hydrogens is 371 g/mol. The van der Waals surface area contributed by atoms with Crippen LogP contribution in [0.25, 0.3) is 11.0 Å². The number of ether oxygens (including phenoxy) is 1. The number of piperidine rings is 1. The van der Waals surface area contributed by atoms with Gasteiger partial charge in [-0.2, -0.15) is 5.26 Å². The van der Waals surface area contributed by atoms with E-state index < -0.39 is 0 Å². The maximum absolute atomic E-state index is 13.1. The van der Waals surface area contributed by atoms with Crippen molar-refractivity contribution in [2.75, 3.05) is 18.0 Å². The molecule has 6 nitrogen and oxygen atoms in total. The van der Waals surface area contributed by atoms with Gasteiger partial charge in [-0.15, -0.1) is 0 Å². The van der Waals surface area contributed by atoms with E-state index in [1.54, 1.807) is 41.9 Å². The summed E-state index contributed by atoms with van der Waals surface area (Å²) in [7, 11) is 1.70. The Bertz CT molecular complexity index is 1150. The first-order valence-electron chi connectivity index (χ1n) is 9.54. The Labute approximate surface area is 167 Å². The fraction of sp³-hybridized carbons (Fsp3) is 0.318. The van der Waals surface area contributed by atoms with Crippen LogP contribution in [0.4, 0.5) is 10.1 Å². The van der Waals surface area contributed by atoms with E-state index in [-0.39, 0.29) is 23.4 Å². The zero-order valence-corrected chi connectivity index (χ0v) is 16.3. The van der Waals surface area contributed by atoms with Crippen molar-refractivity contribution in [2.24, 2.45) is 13.0 Å². The number of nitrogens with zero attached hydrogens (tertiary/aromatic N) is 4. The lowest BCUT2D eigenvalue weighted by atomic mass is 9.95. The lowest BCUT2D eigenvalue weighted by Gasteiger charge is -2.38. The molecule has 7 heteroatoms. The third kappa shape index (κ3) is 3.66. The van der Waals surface area contributed by atoms with Crippen LogP contribution in [-0.2, 0) is 7.05 Å². The van der Waals surface area contributed by atoms with Crippen LogP contribution in [0.15, 0.2) is 47.3 Å². The van der Waals surface area contributed by atoms with Crippen molar-refractivity contribution >= 4 is 16.7 Å². The highest BCUT2D eigenvalue weighted by molar-refractivity contribution is 5.88. The number of fused-ring (bicyclic) bond motifs is 1. The topological polar surface area (TPSA) is 71.2 Å². The number of nitriles is 1. The predicted molar refractivity (Wildman–Crippen MR) is 109 cm³/mol. The molecule has 2 atom stereocenters. The molecule has 2 aromatic heterocycles. The highest BCUT2D eigenvalue weighted by Crippen LogP contribution is 2.30. The molecule has 0 radical (unpaired) electrons. The van der Waals surface area contributed by atoms with E-state index in [1.807, 2.05) is 0 Å². The minimum Gasteiger partial charge on any atom is -0.490 e. The molecule has 4 rings (SSSR count). The first kappa shape index (κ1) is 18.9. The summed E-state index contributed by atoms with van der Waals surface area (Å²) in [5.74, 6) is 0.546. The van der Waals surface area contributed by atoms with Crippen LogP contribution < -0.4 is 15.2 Å². The Balaban J connectivity index is 1.61. The highest BCUT2D eigenvalue weighted by atomic mass is 19.1. The Morgan fingerprint density at radius 2 is 2.00 bits per heavy atom. The largest absolute Gasteiger partial charge is 0.490 e. The van der Waals surface area contributed by atoms with Crippen LogP contribution in [0.1, 0.15) is 19.0 Å². The third-order valence-corrected chi connectivity index (χ3v) is 5.45. The molecule has 0 bridgehead atoms. The van der Waals surface area contributed by atoms with Crippen molar-refractivity contribution in [3.05, 3.63) is 64.3 Å². The summed E-state index contributed by atoms with van der Waals surface area (Å²) < 4.78 is 20.7. The minimum atomic E-state index is -0.290. The third-order valence-electron chi connectivity index (χ3n) is 5.45. The van der Waals surface area contributed by atoms with E-state index in [4.69, 9.17) is 4.74 Å². The van der Waals surface area contributed by atoms with Gasteiger partial charge in [0.1, 0.15) is 35.0 Å². The van der Waals surface area contributed by atoms with E-state index >= 15 is 0 Å². The smallest absolute Gasteiger partial charge is 0.252 e. The number of halogens is 1. The number of hydrogen-bond donors (Lipinski definition) is 0. The average Bonchev–Trinajstić information content (AvgIpc) is 2.73. The Morgan fingerprint density at radius 1 is 1.24 bits per heavy atom. The second kappa shape index (κ2) is 7.55. The van der Waals surface area contributed by atoms with Gasteiger partial charge >= 0.3 is 0 Å². The minimum absolute atomic E-state index is 0.00264. The zero-order valence-electron chi connectivity index (χ0n) is 16.3. The van der Waals surface area contributed by atoms with Gasteiger partial charge in [-0.1, -0.05) is 6.92 Å². The first-order chi connectivity index (χ1) is 14.0. The van der Waals surface area contributed by atoms with Gasteiger partial charge in [-0.25, -0.2) is 9.37 Å². The molecule has 1 aromatic carbocycles. The summed E-state index contributed by atoms with van der Waals surface area (Å²) in [6.45, 7) is 3.47. The normalized spacial score (nSPS) is 19.2. The number of aryl methyl sites for hydroxylation is 1. The van der Waals surface area contributed by atoms with Crippen molar-refractivity contribution in [1.29, 1.82) is 5.26 Å². The van der Waals surface area contributed by atoms with Crippen LogP contribution >= 0.6 is 0 Å². The zero-order chi connectivity index (χ0) is 20.5. The van der Waals surface area contributed by atoms with Crippen LogP contribution in [0.3, 0.4) is 0 Å². The van der Waals surface area contributed by atoms with Gasteiger partial charge in [0.05, 0.1) is 11.2 Å². The van der Waals surface area contributed by atoms with Gasteiger partial charge in [0, 0.05) is 38.5 Å². The van der Waals surface area contributed by atoms with Crippen LogP contribution in [0.5, 0.6) is 5.75 Å². The number of anilines is 1. The maximum atomic E-state index is 13.1. The second-order valence-corrected chi connectivity index (χ2v) is 7.43. The predicted octanol–water partition coefficient (Wildman–Crippen LogP) is 3.24. The Morgan fingerprint density at radius 3 is 2.69 bits per heavy atom. The molecule has 3 heterocycles. The van der Waals surface area contributed by atoms with Crippen LogP contribution in [0.2, 0.25) is 0 Å². The molecule has 1 aliphatic heterocycles. The van der Waals surface area contributed by atoms with Crippen molar-refractivity contribution in [1.82, 2.24) is 9.55 Å². The first-order valence-corrected chi connectivity index (χ1v) is 9.54. The SMILES string of the molecule is CC1CN(c2cc(=O)n(C)c3ccc(C#N)nc23)CCC1Oc1ccc(F)cc1. The standard InChI is InChI=1S/C22H21FN4O2/c1-14-13-27(10-9-20(14)29-17-6-3-15(23)4-7-17)19-11-21(28)26(2)18-8-5-16(12-24)25-22(18)19/h3-8,11,14,20H,9-10,13H2,1-2H3. The molecule has 0 saturated carbocycles. The highest BCUT2D eigenvalue weighted by Gasteiger charge is 2.29. The van der Waals surface area contributed by atoms with Crippen molar-refractivity contribution in [2.45, 2.75) is 19.4 Å². The summed E-state index contributed by atoms with van der Waals surface area (Å²) in [4.78, 5) is 19.0. The monoisotopic (exact) mass is 392 g/mol. The van der Waals surface area contributed by atoms with E-state index in [0.717, 1.165) is 12.1 Å². The molecule has 1 fully saturated rings. The number of rotatable bonds is 3. The number of hydrogen-bond acceptors (Lipinski definition) is 5. The van der Waals surface area contributed by atoms with Gasteiger partial charge in [0.25, 0.3) is 5.56 Å². The van der Waals surface area contributed by atoms with Crippen LogP contribution in [0, 0.1) is 23.1 Å². The van der Waals surface area contributed by atoms with Crippen molar-refractivity contribution in [3.8, 4) is 11.8 Å². The molecule has 0 aliphatic carbocycles. The lowest BCUT2D eigenvalue weighted by Crippen LogP contribution is -2.45. The van der Waals surface area contributed by atoms with Gasteiger partial charge in [-0.05, 0) is 36.4 Å². The van der Waals surface area contributed by atoms with Gasteiger partial charge < -0.3 is 14.2 Å². The van der Waals surface area contributed by atoms with Crippen LogP contribution in [-0.4, -0.2) is 28.7 Å². The molecule has 29 heavy (non-hydrogen) atoms. The fourth-order valence-electron chi connectivity index (χ4n) is 3.82. The van der Waals surface area contributed by atoms with Gasteiger partial charge in [0.2, 0.25) is 0 Å². The molecule has 0 spiro atoms. The van der Waals surface area contributed by atoms with Crippen molar-refractivity contribution in [3.63, 3.8) is 0 Å². The van der Waals surface area contributed by atoms with E-state index in [9.17, 15) is 14.4 Å². The molecule has 2 unspecified atom stereocenters. The molecule has 0 N–H and O–H groups in total. The molecule has 3 aromatic rings. The molecule has 1 aliphatic rings. The second-order valence-electron chi connectivity index (χ2n) is 7.43. The molecule has 148 valence electrons. The average molecular weight is 392 g/mol. The van der Waals surface area contributed by atoms with Gasteiger partial charge in [-0.3, -0.25) is 4.79 Å². The molecule has 1 saturated heterocycles. The lowest BCUT2D eigenvalue weighted by molar-refractivity contribution is 0.121. The Kier molecular flexibility index (Phi) is 4.93. The van der Waals surface area contributed by atoms with E-state index in [0.29, 0.717) is 35.6 Å². The number of aromatic nitrogens is 2. The summed E-state index contributed by atoms with van der Waals surface area (Å²) >= 11 is 0. The summed E-state index contributed by atoms with van der Waals surface area (Å²) in [6.07, 6.45) is 0.754. The fourth-order valence-corrected chi connectivity index (χ4v) is 3.82. The quantitative estimate of drug-likeness (QED) is 0.684. The number of benzene rings is 1. The summed E-state index contributed by atoms with van der Waals surface area (Å²) in [6, 6.07) is 13.1.